The number of nitrogens with zero attached hydrogens (tertiary/aromatic N) is 4. The van der Waals surface area contributed by atoms with E-state index in [1.807, 2.05) is 18.2 Å². The zero-order chi connectivity index (χ0) is 25.9. The van der Waals surface area contributed by atoms with Gasteiger partial charge in [0.15, 0.2) is 0 Å². The lowest BCUT2D eigenvalue weighted by atomic mass is 9.96. The van der Waals surface area contributed by atoms with Gasteiger partial charge in [0.25, 0.3) is 5.82 Å². The predicted octanol–water partition coefficient (Wildman–Crippen LogP) is 8.72. The highest BCUT2D eigenvalue weighted by molar-refractivity contribution is 5.91. The Hall–Kier alpha value is -5.58. The van der Waals surface area contributed by atoms with Crippen LogP contribution in [0.15, 0.2) is 122 Å². The van der Waals surface area contributed by atoms with Gasteiger partial charge in [0, 0.05) is 6.20 Å². The van der Waals surface area contributed by atoms with Gasteiger partial charge >= 0.3 is 0 Å². The van der Waals surface area contributed by atoms with Crippen molar-refractivity contribution in [3.8, 4) is 50.6 Å². The molecule has 0 fully saturated rings. The van der Waals surface area contributed by atoms with Crippen LogP contribution in [0.4, 0.5) is 5.82 Å². The molecule has 0 atom stereocenters. The molecule has 0 spiro atoms. The van der Waals surface area contributed by atoms with Crippen LogP contribution in [0.25, 0.3) is 60.1 Å². The summed E-state index contributed by atoms with van der Waals surface area (Å²) < 4.78 is 0. The number of nitriles is 1. The van der Waals surface area contributed by atoms with Crippen molar-refractivity contribution in [1.82, 2.24) is 9.97 Å². The molecule has 0 aliphatic rings. The minimum atomic E-state index is 0.402. The molecule has 0 unspecified atom stereocenters. The van der Waals surface area contributed by atoms with E-state index in [2.05, 4.69) is 106 Å². The predicted molar refractivity (Wildman–Crippen MR) is 152 cm³/mol. The third-order valence-electron chi connectivity index (χ3n) is 6.68. The van der Waals surface area contributed by atoms with E-state index < -0.39 is 0 Å². The van der Waals surface area contributed by atoms with Crippen molar-refractivity contribution in [3.05, 3.63) is 139 Å². The van der Waals surface area contributed by atoms with E-state index in [0.29, 0.717) is 11.5 Å². The number of fused-ring (bicyclic) bond motifs is 1. The molecule has 2 aromatic heterocycles. The Morgan fingerprint density at radius 3 is 1.39 bits per heavy atom. The summed E-state index contributed by atoms with van der Waals surface area (Å²) in [6, 6.07) is 39.4. The molecular formula is C34H20N4. The second-order valence-corrected chi connectivity index (χ2v) is 8.99. The maximum Gasteiger partial charge on any atom is 0.270 e. The molecule has 0 aliphatic heterocycles. The van der Waals surface area contributed by atoms with Gasteiger partial charge in [0.2, 0.25) is 0 Å². The molecule has 2 heterocycles. The van der Waals surface area contributed by atoms with Crippen LogP contribution in [0.1, 0.15) is 5.69 Å². The normalized spacial score (nSPS) is 10.6. The first-order valence-corrected chi connectivity index (χ1v) is 12.2. The van der Waals surface area contributed by atoms with Crippen LogP contribution >= 0.6 is 0 Å². The van der Waals surface area contributed by atoms with Gasteiger partial charge in [-0.2, -0.15) is 5.26 Å². The number of pyridine rings is 2. The van der Waals surface area contributed by atoms with Gasteiger partial charge < -0.3 is 4.85 Å². The Balaban J connectivity index is 1.25. The Morgan fingerprint density at radius 2 is 0.921 bits per heavy atom. The zero-order valence-electron chi connectivity index (χ0n) is 20.3. The molecule has 0 saturated heterocycles. The van der Waals surface area contributed by atoms with Crippen LogP contribution in [-0.4, -0.2) is 9.97 Å². The second-order valence-electron chi connectivity index (χ2n) is 8.99. The molecule has 176 valence electrons. The van der Waals surface area contributed by atoms with Crippen LogP contribution in [0, 0.1) is 17.9 Å². The number of rotatable bonds is 4. The lowest BCUT2D eigenvalue weighted by molar-refractivity contribution is 1.26. The lowest BCUT2D eigenvalue weighted by Crippen LogP contribution is -1.85. The zero-order valence-corrected chi connectivity index (χ0v) is 20.3. The summed E-state index contributed by atoms with van der Waals surface area (Å²) in [7, 11) is 0. The van der Waals surface area contributed by atoms with Gasteiger partial charge in [-0.25, -0.2) is 4.98 Å². The van der Waals surface area contributed by atoms with Crippen molar-refractivity contribution in [2.75, 3.05) is 0 Å². The highest BCUT2D eigenvalue weighted by Gasteiger charge is 2.06. The van der Waals surface area contributed by atoms with Crippen LogP contribution < -0.4 is 0 Å². The van der Waals surface area contributed by atoms with Gasteiger partial charge in [0.05, 0.1) is 0 Å². The molecule has 0 N–H and O–H groups in total. The molecule has 4 nitrogen and oxygen atoms in total. The smallest absolute Gasteiger partial charge is 0.270 e. The van der Waals surface area contributed by atoms with E-state index in [9.17, 15) is 0 Å². The van der Waals surface area contributed by atoms with Gasteiger partial charge in [-0.15, -0.1) is 4.98 Å². The van der Waals surface area contributed by atoms with Crippen molar-refractivity contribution in [2.45, 2.75) is 0 Å². The van der Waals surface area contributed by atoms with Crippen molar-refractivity contribution >= 4 is 16.6 Å². The Labute approximate surface area is 221 Å². The molecule has 0 saturated carbocycles. The molecule has 0 radical (unpaired) electrons. The topological polar surface area (TPSA) is 53.9 Å². The summed E-state index contributed by atoms with van der Waals surface area (Å²) in [6.07, 6.45) is 3.34. The minimum Gasteiger partial charge on any atom is -0.361 e. The molecular weight excluding hydrogens is 464 g/mol. The summed E-state index contributed by atoms with van der Waals surface area (Å²) in [5.74, 6) is 0.402. The van der Waals surface area contributed by atoms with Crippen molar-refractivity contribution in [2.24, 2.45) is 0 Å². The van der Waals surface area contributed by atoms with Crippen molar-refractivity contribution in [3.63, 3.8) is 0 Å². The minimum absolute atomic E-state index is 0.402. The van der Waals surface area contributed by atoms with Crippen LogP contribution in [-0.2, 0) is 0 Å². The SMILES string of the molecule is [C-]#[N+]c1cc(-c2ccc(-c3ccc4cc(-c5ccc(-c6ccnc(C#N)c6)cc5)ccc4c3)cc2)ccn1. The maximum atomic E-state index is 9.12. The average molecular weight is 485 g/mol. The van der Waals surface area contributed by atoms with Gasteiger partial charge in [-0.1, -0.05) is 79.4 Å². The number of aromatic nitrogens is 2. The van der Waals surface area contributed by atoms with Crippen LogP contribution in [0.2, 0.25) is 0 Å². The van der Waals surface area contributed by atoms with Crippen LogP contribution in [0.3, 0.4) is 0 Å². The van der Waals surface area contributed by atoms with Crippen molar-refractivity contribution in [1.29, 1.82) is 5.26 Å². The first-order chi connectivity index (χ1) is 18.7. The summed E-state index contributed by atoms with van der Waals surface area (Å²) in [6.45, 7) is 7.18. The summed E-state index contributed by atoms with van der Waals surface area (Å²) in [5.41, 5.74) is 9.11. The molecule has 4 heteroatoms. The average Bonchev–Trinajstić information content (AvgIpc) is 3.01. The molecule has 0 aliphatic carbocycles. The molecule has 38 heavy (non-hydrogen) atoms. The molecule has 6 aromatic rings. The third-order valence-corrected chi connectivity index (χ3v) is 6.68. The van der Waals surface area contributed by atoms with Gasteiger partial charge in [0.1, 0.15) is 18.0 Å². The maximum absolute atomic E-state index is 9.12. The van der Waals surface area contributed by atoms with E-state index >= 15 is 0 Å². The van der Waals surface area contributed by atoms with E-state index in [4.69, 9.17) is 11.8 Å². The number of benzene rings is 4. The lowest BCUT2D eigenvalue weighted by Gasteiger charge is -2.09. The number of hydrogen-bond acceptors (Lipinski definition) is 3. The summed E-state index contributed by atoms with van der Waals surface area (Å²) >= 11 is 0. The second kappa shape index (κ2) is 9.82. The molecule has 4 aromatic carbocycles. The van der Waals surface area contributed by atoms with Crippen LogP contribution in [0.5, 0.6) is 0 Å². The Bertz CT molecular complexity index is 1730. The van der Waals surface area contributed by atoms with E-state index in [1.54, 1.807) is 18.5 Å². The largest absolute Gasteiger partial charge is 0.361 e. The molecule has 6 rings (SSSR count). The Morgan fingerprint density at radius 1 is 0.500 bits per heavy atom. The monoisotopic (exact) mass is 484 g/mol. The summed E-state index contributed by atoms with van der Waals surface area (Å²) in [4.78, 5) is 11.5. The Kier molecular flexibility index (Phi) is 5.91. The summed E-state index contributed by atoms with van der Waals surface area (Å²) in [5, 5.41) is 11.5. The van der Waals surface area contributed by atoms with Gasteiger partial charge in [-0.05, 0) is 91.7 Å². The molecule has 0 amide bonds. The van der Waals surface area contributed by atoms with E-state index in [-0.39, 0.29) is 0 Å². The number of hydrogen-bond donors (Lipinski definition) is 0. The third kappa shape index (κ3) is 4.51. The fraction of sp³-hybridized carbons (Fsp3) is 0. The first-order valence-electron chi connectivity index (χ1n) is 12.2. The van der Waals surface area contributed by atoms with Gasteiger partial charge in [-0.3, -0.25) is 0 Å². The van der Waals surface area contributed by atoms with Crippen molar-refractivity contribution < 1.29 is 0 Å². The van der Waals surface area contributed by atoms with E-state index in [0.717, 1.165) is 44.5 Å². The first kappa shape index (κ1) is 22.9. The van der Waals surface area contributed by atoms with E-state index in [1.165, 1.54) is 10.8 Å². The highest BCUT2D eigenvalue weighted by Crippen LogP contribution is 2.31. The standard InChI is InChI=1S/C34H20N4/c1-36-34-21-32(15-17-38-34)26-8-4-24(5-9-26)28-11-13-29-18-27(10-12-30(29)19-28)23-2-6-25(7-3-23)31-14-16-37-33(20-31)22-35/h2-21H. The quantitative estimate of drug-likeness (QED) is 0.235. The highest BCUT2D eigenvalue weighted by atomic mass is 14.8. The fourth-order valence-corrected chi connectivity index (χ4v) is 4.65. The fourth-order valence-electron chi connectivity index (χ4n) is 4.65. The molecule has 0 bridgehead atoms.